The number of hydrogen-bond donors (Lipinski definition) is 2. The monoisotopic (exact) mass is 454 g/mol. The van der Waals surface area contributed by atoms with Crippen molar-refractivity contribution >= 4 is 35.0 Å². The molecule has 0 aliphatic carbocycles. The lowest BCUT2D eigenvalue weighted by atomic mass is 10.1. The Bertz CT molecular complexity index is 1010. The van der Waals surface area contributed by atoms with E-state index in [1.807, 2.05) is 6.07 Å². The smallest absolute Gasteiger partial charge is 0.289 e. The molecule has 0 fully saturated rings. The highest BCUT2D eigenvalue weighted by molar-refractivity contribution is 6.42. The van der Waals surface area contributed by atoms with Crippen LogP contribution in [0.2, 0.25) is 10.0 Å². The van der Waals surface area contributed by atoms with E-state index in [0.29, 0.717) is 29.4 Å². The van der Waals surface area contributed by atoms with Gasteiger partial charge in [-0.3, -0.25) is 9.59 Å². The number of nitrogens with one attached hydrogen (secondary N) is 1. The Morgan fingerprint density at radius 2 is 1.83 bits per heavy atom. The predicted octanol–water partition coefficient (Wildman–Crippen LogP) is 4.17. The summed E-state index contributed by atoms with van der Waals surface area (Å²) < 4.78 is 27.7. The average molecular weight is 455 g/mol. The standard InChI is InChI=1S/C21H18Cl2F2N2O3/c22-15-7-6-12(9-16(15)23)3-2-8-26-20(29)14-11-27(21(30)19(14)28)10-13-17(24)4-1-5-18(13)25/h1,4-7,9,28H,2-3,8,10-11H2,(H,26,29). The number of hydrogen-bond acceptors (Lipinski definition) is 3. The molecule has 9 heteroatoms. The number of amides is 2. The molecule has 1 aliphatic heterocycles. The van der Waals surface area contributed by atoms with Crippen LogP contribution < -0.4 is 5.32 Å². The number of halogens is 4. The minimum atomic E-state index is -0.849. The molecule has 0 unspecified atom stereocenters. The molecule has 0 saturated carbocycles. The van der Waals surface area contributed by atoms with Gasteiger partial charge in [-0.15, -0.1) is 0 Å². The summed E-state index contributed by atoms with van der Waals surface area (Å²) in [6.45, 7) is -0.335. The second kappa shape index (κ2) is 9.45. The van der Waals surface area contributed by atoms with Crippen LogP contribution in [-0.2, 0) is 22.6 Å². The number of aliphatic hydroxyl groups excluding tert-OH is 1. The number of benzene rings is 2. The first-order valence-electron chi connectivity index (χ1n) is 9.14. The number of aryl methyl sites for hydroxylation is 1. The Morgan fingerprint density at radius 3 is 2.50 bits per heavy atom. The van der Waals surface area contributed by atoms with Gasteiger partial charge in [-0.2, -0.15) is 0 Å². The van der Waals surface area contributed by atoms with E-state index < -0.39 is 35.8 Å². The maximum atomic E-state index is 13.8. The maximum Gasteiger partial charge on any atom is 0.289 e. The van der Waals surface area contributed by atoms with Gasteiger partial charge in [0.25, 0.3) is 11.8 Å². The molecule has 2 aromatic rings. The molecule has 5 nitrogen and oxygen atoms in total. The highest BCUT2D eigenvalue weighted by atomic mass is 35.5. The second-order valence-electron chi connectivity index (χ2n) is 6.80. The van der Waals surface area contributed by atoms with Gasteiger partial charge in [0.05, 0.1) is 28.7 Å². The van der Waals surface area contributed by atoms with Gasteiger partial charge in [-0.05, 0) is 42.7 Å². The van der Waals surface area contributed by atoms with Crippen molar-refractivity contribution in [2.45, 2.75) is 19.4 Å². The first-order chi connectivity index (χ1) is 14.3. The number of carbonyl (C=O) groups is 2. The molecule has 2 amide bonds. The third-order valence-corrected chi connectivity index (χ3v) is 5.46. The van der Waals surface area contributed by atoms with E-state index in [4.69, 9.17) is 23.2 Å². The van der Waals surface area contributed by atoms with Gasteiger partial charge in [0.2, 0.25) is 0 Å². The zero-order chi connectivity index (χ0) is 21.8. The van der Waals surface area contributed by atoms with Gasteiger partial charge in [0.1, 0.15) is 11.6 Å². The predicted molar refractivity (Wildman–Crippen MR) is 109 cm³/mol. The molecule has 2 aromatic carbocycles. The quantitative estimate of drug-likeness (QED) is 0.616. The van der Waals surface area contributed by atoms with E-state index in [1.165, 1.54) is 6.07 Å². The van der Waals surface area contributed by atoms with Crippen LogP contribution in [0.25, 0.3) is 0 Å². The van der Waals surface area contributed by atoms with Crippen molar-refractivity contribution in [1.82, 2.24) is 10.2 Å². The van der Waals surface area contributed by atoms with Gasteiger partial charge < -0.3 is 15.3 Å². The third-order valence-electron chi connectivity index (χ3n) is 4.72. The maximum absolute atomic E-state index is 13.8. The molecule has 158 valence electrons. The topological polar surface area (TPSA) is 69.6 Å². The van der Waals surface area contributed by atoms with Crippen LogP contribution in [0.5, 0.6) is 0 Å². The first kappa shape index (κ1) is 22.1. The number of rotatable bonds is 7. The van der Waals surface area contributed by atoms with E-state index in [2.05, 4.69) is 5.32 Å². The molecule has 0 saturated heterocycles. The Morgan fingerprint density at radius 1 is 1.13 bits per heavy atom. The lowest BCUT2D eigenvalue weighted by Crippen LogP contribution is -2.31. The Labute approximate surface area is 181 Å². The lowest BCUT2D eigenvalue weighted by Gasteiger charge is -2.17. The van der Waals surface area contributed by atoms with Crippen molar-refractivity contribution in [3.05, 3.63) is 80.5 Å². The van der Waals surface area contributed by atoms with Gasteiger partial charge in [0, 0.05) is 12.1 Å². The zero-order valence-corrected chi connectivity index (χ0v) is 17.2. The molecule has 1 aliphatic rings. The normalized spacial score (nSPS) is 13.9. The van der Waals surface area contributed by atoms with Crippen LogP contribution in [0, 0.1) is 11.6 Å². The summed E-state index contributed by atoms with van der Waals surface area (Å²) in [5.41, 5.74) is 0.517. The molecule has 0 radical (unpaired) electrons. The minimum Gasteiger partial charge on any atom is -0.503 e. The van der Waals surface area contributed by atoms with Crippen LogP contribution in [-0.4, -0.2) is 34.9 Å². The van der Waals surface area contributed by atoms with E-state index in [1.54, 1.807) is 12.1 Å². The Kier molecular flexibility index (Phi) is 6.95. The summed E-state index contributed by atoms with van der Waals surface area (Å²) in [6, 6.07) is 8.64. The second-order valence-corrected chi connectivity index (χ2v) is 7.61. The molecule has 0 spiro atoms. The number of carbonyl (C=O) groups excluding carboxylic acids is 2. The van der Waals surface area contributed by atoms with Crippen molar-refractivity contribution in [2.75, 3.05) is 13.1 Å². The summed E-state index contributed by atoms with van der Waals surface area (Å²) in [6.07, 6.45) is 1.23. The molecule has 1 heterocycles. The van der Waals surface area contributed by atoms with Crippen LogP contribution in [0.3, 0.4) is 0 Å². The largest absolute Gasteiger partial charge is 0.503 e. The highest BCUT2D eigenvalue weighted by Gasteiger charge is 2.34. The summed E-state index contributed by atoms with van der Waals surface area (Å²) in [7, 11) is 0. The first-order valence-corrected chi connectivity index (χ1v) is 9.90. The Hall–Kier alpha value is -2.64. The molecule has 2 N–H and O–H groups in total. The lowest BCUT2D eigenvalue weighted by molar-refractivity contribution is -0.128. The molecule has 3 rings (SSSR count). The van der Waals surface area contributed by atoms with Gasteiger partial charge in [-0.25, -0.2) is 8.78 Å². The summed E-state index contributed by atoms with van der Waals surface area (Å²) in [5.74, 6) is -3.77. The van der Waals surface area contributed by atoms with Crippen molar-refractivity contribution in [1.29, 1.82) is 0 Å². The van der Waals surface area contributed by atoms with Crippen molar-refractivity contribution in [2.24, 2.45) is 0 Å². The van der Waals surface area contributed by atoms with E-state index >= 15 is 0 Å². The highest BCUT2D eigenvalue weighted by Crippen LogP contribution is 2.24. The third kappa shape index (κ3) is 4.91. The average Bonchev–Trinajstić information content (AvgIpc) is 2.99. The number of aliphatic hydroxyl groups is 1. The molecule has 0 aromatic heterocycles. The number of nitrogens with zero attached hydrogens (tertiary/aromatic N) is 1. The Balaban J connectivity index is 1.54. The fourth-order valence-electron chi connectivity index (χ4n) is 3.09. The van der Waals surface area contributed by atoms with Crippen LogP contribution in [0.15, 0.2) is 47.7 Å². The molecule has 0 bridgehead atoms. The zero-order valence-electron chi connectivity index (χ0n) is 15.7. The van der Waals surface area contributed by atoms with Gasteiger partial charge in [0.15, 0.2) is 5.76 Å². The van der Waals surface area contributed by atoms with Crippen LogP contribution in [0.4, 0.5) is 8.78 Å². The van der Waals surface area contributed by atoms with E-state index in [0.717, 1.165) is 22.6 Å². The molecule has 0 atom stereocenters. The summed E-state index contributed by atoms with van der Waals surface area (Å²) >= 11 is 11.8. The van der Waals surface area contributed by atoms with Crippen molar-refractivity contribution in [3.63, 3.8) is 0 Å². The molecule has 30 heavy (non-hydrogen) atoms. The molecular formula is C21H18Cl2F2N2O3. The van der Waals surface area contributed by atoms with E-state index in [9.17, 15) is 23.5 Å². The summed E-state index contributed by atoms with van der Waals surface area (Å²) in [5, 5.41) is 13.6. The fourth-order valence-corrected chi connectivity index (χ4v) is 3.41. The fraction of sp³-hybridized carbons (Fsp3) is 0.238. The van der Waals surface area contributed by atoms with Crippen molar-refractivity contribution < 1.29 is 23.5 Å². The van der Waals surface area contributed by atoms with Crippen LogP contribution in [0.1, 0.15) is 17.5 Å². The molecular weight excluding hydrogens is 437 g/mol. The van der Waals surface area contributed by atoms with Crippen molar-refractivity contribution in [3.8, 4) is 0 Å². The summed E-state index contributed by atoms with van der Waals surface area (Å²) in [4.78, 5) is 25.6. The van der Waals surface area contributed by atoms with E-state index in [-0.39, 0.29) is 17.7 Å². The van der Waals surface area contributed by atoms with Crippen LogP contribution >= 0.6 is 23.2 Å². The van der Waals surface area contributed by atoms with Gasteiger partial charge >= 0.3 is 0 Å². The van der Waals surface area contributed by atoms with Gasteiger partial charge in [-0.1, -0.05) is 35.3 Å². The SMILES string of the molecule is O=C(NCCCc1ccc(Cl)c(Cl)c1)C1=C(O)C(=O)N(Cc2c(F)cccc2F)C1. The minimum absolute atomic E-state index is 0.133.